The van der Waals surface area contributed by atoms with E-state index in [-0.39, 0.29) is 30.1 Å². The number of nitrogens with one attached hydrogen (secondary N) is 2. The summed E-state index contributed by atoms with van der Waals surface area (Å²) in [6, 6.07) is 0. The second-order valence-corrected chi connectivity index (χ2v) is 5.51. The lowest BCUT2D eigenvalue weighted by atomic mass is 10.0. The molecular formula is C15H31IN6O. The quantitative estimate of drug-likeness (QED) is 0.350. The van der Waals surface area contributed by atoms with Crippen molar-refractivity contribution in [2.75, 3.05) is 19.7 Å². The smallest absolute Gasteiger partial charge is 0.191 e. The van der Waals surface area contributed by atoms with Crippen molar-refractivity contribution in [1.29, 1.82) is 0 Å². The Morgan fingerprint density at radius 3 is 2.61 bits per heavy atom. The molecule has 1 atom stereocenters. The van der Waals surface area contributed by atoms with Gasteiger partial charge in [0.15, 0.2) is 11.8 Å². The first kappa shape index (κ1) is 22.1. The van der Waals surface area contributed by atoms with Crippen LogP contribution < -0.4 is 10.6 Å². The van der Waals surface area contributed by atoms with Gasteiger partial charge < -0.3 is 19.9 Å². The monoisotopic (exact) mass is 438 g/mol. The largest absolute Gasteiger partial charge is 0.378 e. The van der Waals surface area contributed by atoms with Crippen LogP contribution in [0.1, 0.15) is 39.9 Å². The normalized spacial score (nSPS) is 12.9. The summed E-state index contributed by atoms with van der Waals surface area (Å²) in [6.45, 7) is 11.4. The number of aliphatic imine (C=N–C) groups is 1. The van der Waals surface area contributed by atoms with E-state index in [4.69, 9.17) is 4.74 Å². The number of rotatable bonds is 9. The Bertz CT molecular complexity index is 449. The first-order valence-electron chi connectivity index (χ1n) is 8.05. The zero-order valence-corrected chi connectivity index (χ0v) is 17.2. The highest BCUT2D eigenvalue weighted by Gasteiger charge is 2.13. The lowest BCUT2D eigenvalue weighted by molar-refractivity contribution is 0.0258. The van der Waals surface area contributed by atoms with Crippen LogP contribution in [-0.2, 0) is 18.3 Å². The number of hydrogen-bond acceptors (Lipinski definition) is 4. The SMILES string of the molecule is CCNC(=NCc1nncn1C)NCCC(OCC)C(C)C.I. The predicted molar refractivity (Wildman–Crippen MR) is 104 cm³/mol. The van der Waals surface area contributed by atoms with Gasteiger partial charge in [-0.15, -0.1) is 34.2 Å². The lowest BCUT2D eigenvalue weighted by Gasteiger charge is -2.21. The number of aryl methyl sites for hydroxylation is 1. The molecule has 1 heterocycles. The Morgan fingerprint density at radius 2 is 2.09 bits per heavy atom. The molecular weight excluding hydrogens is 407 g/mol. The zero-order chi connectivity index (χ0) is 16.4. The Balaban J connectivity index is 0.00000484. The van der Waals surface area contributed by atoms with Gasteiger partial charge >= 0.3 is 0 Å². The van der Waals surface area contributed by atoms with Crippen LogP contribution in [0.2, 0.25) is 0 Å². The minimum atomic E-state index is 0. The Morgan fingerprint density at radius 1 is 1.35 bits per heavy atom. The molecule has 1 aromatic heterocycles. The number of aromatic nitrogens is 3. The molecule has 0 fully saturated rings. The van der Waals surface area contributed by atoms with E-state index in [1.807, 2.05) is 18.5 Å². The molecule has 0 saturated heterocycles. The van der Waals surface area contributed by atoms with E-state index < -0.39 is 0 Å². The molecule has 0 aliphatic rings. The second-order valence-electron chi connectivity index (χ2n) is 5.51. The third-order valence-electron chi connectivity index (χ3n) is 3.37. The van der Waals surface area contributed by atoms with Crippen molar-refractivity contribution in [3.63, 3.8) is 0 Å². The summed E-state index contributed by atoms with van der Waals surface area (Å²) in [6.07, 6.45) is 2.92. The van der Waals surface area contributed by atoms with Gasteiger partial charge in [-0.3, -0.25) is 0 Å². The summed E-state index contributed by atoms with van der Waals surface area (Å²) >= 11 is 0. The molecule has 0 aliphatic carbocycles. The summed E-state index contributed by atoms with van der Waals surface area (Å²) in [5.74, 6) is 2.15. The number of nitrogens with zero attached hydrogens (tertiary/aromatic N) is 4. The molecule has 0 amide bonds. The number of ether oxygens (including phenoxy) is 1. The van der Waals surface area contributed by atoms with Gasteiger partial charge in [0.05, 0.1) is 6.10 Å². The first-order chi connectivity index (χ1) is 10.6. The third kappa shape index (κ3) is 8.50. The standard InChI is InChI=1S/C15H30N6O.HI/c1-6-16-15(18-10-14-20-19-11-21(14)5)17-9-8-13(12(3)4)22-7-2;/h11-13H,6-10H2,1-5H3,(H2,16,17,18);1H. The van der Waals surface area contributed by atoms with Gasteiger partial charge in [0.2, 0.25) is 0 Å². The van der Waals surface area contributed by atoms with Crippen molar-refractivity contribution < 1.29 is 4.74 Å². The van der Waals surface area contributed by atoms with Gasteiger partial charge in [0.1, 0.15) is 12.9 Å². The maximum absolute atomic E-state index is 5.76. The Hall–Kier alpha value is -0.900. The van der Waals surface area contributed by atoms with Gasteiger partial charge in [-0.25, -0.2) is 4.99 Å². The molecule has 23 heavy (non-hydrogen) atoms. The molecule has 7 nitrogen and oxygen atoms in total. The maximum Gasteiger partial charge on any atom is 0.191 e. The Labute approximate surface area is 156 Å². The van der Waals surface area contributed by atoms with Crippen LogP contribution in [0, 0.1) is 5.92 Å². The highest BCUT2D eigenvalue weighted by atomic mass is 127. The highest BCUT2D eigenvalue weighted by molar-refractivity contribution is 14.0. The first-order valence-corrected chi connectivity index (χ1v) is 8.05. The van der Waals surface area contributed by atoms with Crippen molar-refractivity contribution in [1.82, 2.24) is 25.4 Å². The molecule has 0 aromatic carbocycles. The molecule has 0 radical (unpaired) electrons. The molecule has 1 unspecified atom stereocenters. The van der Waals surface area contributed by atoms with Crippen molar-refractivity contribution in [2.24, 2.45) is 18.0 Å². The summed E-state index contributed by atoms with van der Waals surface area (Å²) in [4.78, 5) is 4.53. The molecule has 1 rings (SSSR count). The maximum atomic E-state index is 5.76. The molecule has 0 bridgehead atoms. The van der Waals surface area contributed by atoms with E-state index >= 15 is 0 Å². The van der Waals surface area contributed by atoms with Gasteiger partial charge in [0, 0.05) is 26.7 Å². The lowest BCUT2D eigenvalue weighted by Crippen LogP contribution is -2.39. The van der Waals surface area contributed by atoms with Crippen LogP contribution >= 0.6 is 24.0 Å². The van der Waals surface area contributed by atoms with E-state index in [1.165, 1.54) is 0 Å². The predicted octanol–water partition coefficient (Wildman–Crippen LogP) is 1.94. The van der Waals surface area contributed by atoms with Crippen LogP contribution in [0.4, 0.5) is 0 Å². The molecule has 0 spiro atoms. The van der Waals surface area contributed by atoms with E-state index in [2.05, 4.69) is 46.6 Å². The van der Waals surface area contributed by atoms with Crippen LogP contribution in [0.5, 0.6) is 0 Å². The number of halogens is 1. The van der Waals surface area contributed by atoms with Gasteiger partial charge in [-0.2, -0.15) is 0 Å². The minimum absolute atomic E-state index is 0. The van der Waals surface area contributed by atoms with E-state index in [1.54, 1.807) is 6.33 Å². The van der Waals surface area contributed by atoms with Crippen LogP contribution in [0.3, 0.4) is 0 Å². The molecule has 8 heteroatoms. The van der Waals surface area contributed by atoms with Crippen molar-refractivity contribution in [2.45, 2.75) is 46.8 Å². The van der Waals surface area contributed by atoms with Crippen LogP contribution in [0.15, 0.2) is 11.3 Å². The molecule has 0 saturated carbocycles. The average Bonchev–Trinajstić information content (AvgIpc) is 2.89. The van der Waals surface area contributed by atoms with Crippen LogP contribution in [0.25, 0.3) is 0 Å². The third-order valence-corrected chi connectivity index (χ3v) is 3.37. The molecule has 0 aliphatic heterocycles. The highest BCUT2D eigenvalue weighted by Crippen LogP contribution is 2.09. The molecule has 1 aromatic rings. The topological polar surface area (TPSA) is 76.4 Å². The van der Waals surface area contributed by atoms with E-state index in [0.717, 1.165) is 37.9 Å². The summed E-state index contributed by atoms with van der Waals surface area (Å²) in [7, 11) is 1.92. The van der Waals surface area contributed by atoms with Crippen LogP contribution in [-0.4, -0.2) is 46.5 Å². The van der Waals surface area contributed by atoms with Crippen molar-refractivity contribution in [3.8, 4) is 0 Å². The van der Waals surface area contributed by atoms with E-state index in [9.17, 15) is 0 Å². The molecule has 134 valence electrons. The fourth-order valence-corrected chi connectivity index (χ4v) is 2.10. The van der Waals surface area contributed by atoms with Gasteiger partial charge in [-0.05, 0) is 26.2 Å². The van der Waals surface area contributed by atoms with Gasteiger partial charge in [-0.1, -0.05) is 13.8 Å². The Kier molecular flexibility index (Phi) is 12.0. The fourth-order valence-electron chi connectivity index (χ4n) is 2.10. The molecule has 2 N–H and O–H groups in total. The summed E-state index contributed by atoms with van der Waals surface area (Å²) in [5, 5.41) is 14.5. The number of guanidine groups is 1. The fraction of sp³-hybridized carbons (Fsp3) is 0.800. The minimum Gasteiger partial charge on any atom is -0.378 e. The van der Waals surface area contributed by atoms with Crippen molar-refractivity contribution >= 4 is 29.9 Å². The van der Waals surface area contributed by atoms with Gasteiger partial charge in [0.25, 0.3) is 0 Å². The second kappa shape index (κ2) is 12.5. The van der Waals surface area contributed by atoms with Crippen molar-refractivity contribution in [3.05, 3.63) is 12.2 Å². The summed E-state index contributed by atoms with van der Waals surface area (Å²) < 4.78 is 7.63. The summed E-state index contributed by atoms with van der Waals surface area (Å²) in [5.41, 5.74) is 0. The number of hydrogen-bond donors (Lipinski definition) is 2. The van der Waals surface area contributed by atoms with E-state index in [0.29, 0.717) is 12.5 Å². The zero-order valence-electron chi connectivity index (χ0n) is 14.9. The average molecular weight is 438 g/mol.